The molecule has 0 spiro atoms. The normalized spacial score (nSPS) is 23.3. The molecule has 27 heavy (non-hydrogen) atoms. The van der Waals surface area contributed by atoms with Gasteiger partial charge in [-0.25, -0.2) is 0 Å². The van der Waals surface area contributed by atoms with Gasteiger partial charge in [0.2, 0.25) is 11.8 Å². The maximum Gasteiger partial charge on any atom is 0.227 e. The van der Waals surface area contributed by atoms with Gasteiger partial charge >= 0.3 is 0 Å². The van der Waals surface area contributed by atoms with E-state index in [1.807, 2.05) is 9.80 Å². The fraction of sp³-hybridized carbons (Fsp3) is 0.619. The van der Waals surface area contributed by atoms with Gasteiger partial charge in [-0.15, -0.1) is 0 Å². The Balaban J connectivity index is 1.26. The van der Waals surface area contributed by atoms with Crippen molar-refractivity contribution in [2.24, 2.45) is 5.92 Å². The Bertz CT molecular complexity index is 662. The van der Waals surface area contributed by atoms with Crippen LogP contribution in [0, 0.1) is 5.92 Å². The number of benzene rings is 1. The van der Waals surface area contributed by atoms with Crippen LogP contribution >= 0.6 is 0 Å². The maximum atomic E-state index is 12.7. The van der Waals surface area contributed by atoms with Crippen molar-refractivity contribution in [3.8, 4) is 0 Å². The fourth-order valence-corrected chi connectivity index (χ4v) is 4.42. The summed E-state index contributed by atoms with van der Waals surface area (Å²) in [6.45, 7) is 6.62. The van der Waals surface area contributed by atoms with Gasteiger partial charge in [-0.05, 0) is 24.0 Å². The van der Waals surface area contributed by atoms with E-state index in [4.69, 9.17) is 4.74 Å². The van der Waals surface area contributed by atoms with Crippen LogP contribution in [0.5, 0.6) is 0 Å². The van der Waals surface area contributed by atoms with E-state index in [0.29, 0.717) is 39.3 Å². The molecule has 2 fully saturated rings. The van der Waals surface area contributed by atoms with Crippen molar-refractivity contribution in [2.75, 3.05) is 45.9 Å². The highest BCUT2D eigenvalue weighted by atomic mass is 16.5. The SMILES string of the molecule is O=C(CCN1Cc2ccccc2C1)N1CCC[C@H](C(=O)N2CCOCC2)C1. The zero-order valence-electron chi connectivity index (χ0n) is 15.9. The summed E-state index contributed by atoms with van der Waals surface area (Å²) >= 11 is 0. The molecule has 0 saturated carbocycles. The van der Waals surface area contributed by atoms with Crippen molar-refractivity contribution < 1.29 is 14.3 Å². The minimum absolute atomic E-state index is 0.0446. The van der Waals surface area contributed by atoms with Crippen LogP contribution in [0.25, 0.3) is 0 Å². The maximum absolute atomic E-state index is 12.7. The van der Waals surface area contributed by atoms with Gasteiger partial charge < -0.3 is 14.5 Å². The Morgan fingerprint density at radius 1 is 1.00 bits per heavy atom. The molecule has 6 heteroatoms. The average Bonchev–Trinajstić information content (AvgIpc) is 3.15. The Labute approximate surface area is 161 Å². The van der Waals surface area contributed by atoms with Crippen molar-refractivity contribution in [3.63, 3.8) is 0 Å². The molecule has 4 rings (SSSR count). The molecule has 0 unspecified atom stereocenters. The van der Waals surface area contributed by atoms with E-state index >= 15 is 0 Å². The number of piperidine rings is 1. The van der Waals surface area contributed by atoms with E-state index in [2.05, 4.69) is 29.2 Å². The Morgan fingerprint density at radius 3 is 2.41 bits per heavy atom. The zero-order valence-corrected chi connectivity index (χ0v) is 15.9. The molecule has 6 nitrogen and oxygen atoms in total. The molecule has 3 aliphatic rings. The second kappa shape index (κ2) is 8.40. The van der Waals surface area contributed by atoms with Gasteiger partial charge in [-0.1, -0.05) is 24.3 Å². The highest BCUT2D eigenvalue weighted by Crippen LogP contribution is 2.23. The third-order valence-electron chi connectivity index (χ3n) is 5.99. The standard InChI is InChI=1S/C21H29N3O3/c25-20(7-9-22-14-17-4-1-2-5-18(17)15-22)24-8-3-6-19(16-24)21(26)23-10-12-27-13-11-23/h1-2,4-5,19H,3,6-16H2/t19-/m0/s1. The molecule has 0 bridgehead atoms. The Kier molecular flexibility index (Phi) is 5.74. The smallest absolute Gasteiger partial charge is 0.227 e. The fourth-order valence-electron chi connectivity index (χ4n) is 4.42. The van der Waals surface area contributed by atoms with Crippen LogP contribution in [0.3, 0.4) is 0 Å². The van der Waals surface area contributed by atoms with Gasteiger partial charge in [-0.3, -0.25) is 14.5 Å². The number of morpholine rings is 1. The van der Waals surface area contributed by atoms with Crippen LogP contribution in [0.2, 0.25) is 0 Å². The predicted molar refractivity (Wildman–Crippen MR) is 102 cm³/mol. The summed E-state index contributed by atoms with van der Waals surface area (Å²) in [6.07, 6.45) is 2.34. The lowest BCUT2D eigenvalue weighted by Gasteiger charge is -2.36. The molecular formula is C21H29N3O3. The first-order valence-electron chi connectivity index (χ1n) is 10.1. The Hall–Kier alpha value is -1.92. The largest absolute Gasteiger partial charge is 0.378 e. The average molecular weight is 371 g/mol. The first-order chi connectivity index (χ1) is 13.2. The number of carbonyl (C=O) groups is 2. The van der Waals surface area contributed by atoms with Crippen LogP contribution in [-0.2, 0) is 27.4 Å². The van der Waals surface area contributed by atoms with E-state index in [1.165, 1.54) is 11.1 Å². The summed E-state index contributed by atoms with van der Waals surface area (Å²) in [5, 5.41) is 0. The summed E-state index contributed by atoms with van der Waals surface area (Å²) in [5.74, 6) is 0.341. The van der Waals surface area contributed by atoms with Gasteiger partial charge in [0, 0.05) is 52.2 Å². The van der Waals surface area contributed by atoms with E-state index in [-0.39, 0.29) is 17.7 Å². The highest BCUT2D eigenvalue weighted by Gasteiger charge is 2.32. The molecule has 0 aliphatic carbocycles. The predicted octanol–water partition coefficient (Wildman–Crippen LogP) is 1.49. The minimum atomic E-state index is -0.0446. The third-order valence-corrected chi connectivity index (χ3v) is 5.99. The number of hydrogen-bond donors (Lipinski definition) is 0. The molecule has 2 saturated heterocycles. The summed E-state index contributed by atoms with van der Waals surface area (Å²) in [5.41, 5.74) is 2.75. The number of ether oxygens (including phenoxy) is 1. The molecular weight excluding hydrogens is 342 g/mol. The van der Waals surface area contributed by atoms with Gasteiger partial charge in [-0.2, -0.15) is 0 Å². The molecule has 3 aliphatic heterocycles. The molecule has 1 aromatic rings. The summed E-state index contributed by atoms with van der Waals surface area (Å²) in [4.78, 5) is 31.6. The quantitative estimate of drug-likeness (QED) is 0.805. The van der Waals surface area contributed by atoms with E-state index in [0.717, 1.165) is 39.0 Å². The molecule has 3 heterocycles. The van der Waals surface area contributed by atoms with Gasteiger partial charge in [0.05, 0.1) is 19.1 Å². The highest BCUT2D eigenvalue weighted by molar-refractivity contribution is 5.81. The molecule has 0 radical (unpaired) electrons. The van der Waals surface area contributed by atoms with Crippen molar-refractivity contribution in [3.05, 3.63) is 35.4 Å². The van der Waals surface area contributed by atoms with E-state index < -0.39 is 0 Å². The van der Waals surface area contributed by atoms with Gasteiger partial charge in [0.1, 0.15) is 0 Å². The zero-order chi connectivity index (χ0) is 18.6. The van der Waals surface area contributed by atoms with Gasteiger partial charge in [0.15, 0.2) is 0 Å². The second-order valence-electron chi connectivity index (χ2n) is 7.85. The molecule has 1 aromatic carbocycles. The second-order valence-corrected chi connectivity index (χ2v) is 7.85. The molecule has 0 aromatic heterocycles. The summed E-state index contributed by atoms with van der Waals surface area (Å²) in [7, 11) is 0. The number of likely N-dealkylation sites (tertiary alicyclic amines) is 1. The van der Waals surface area contributed by atoms with Crippen molar-refractivity contribution in [2.45, 2.75) is 32.4 Å². The number of fused-ring (bicyclic) bond motifs is 1. The first kappa shape index (κ1) is 18.4. The van der Waals surface area contributed by atoms with E-state index in [1.54, 1.807) is 0 Å². The van der Waals surface area contributed by atoms with Crippen molar-refractivity contribution in [1.29, 1.82) is 0 Å². The lowest BCUT2D eigenvalue weighted by molar-refractivity contribution is -0.144. The Morgan fingerprint density at radius 2 is 1.70 bits per heavy atom. The first-order valence-corrected chi connectivity index (χ1v) is 10.1. The third kappa shape index (κ3) is 4.33. The minimum Gasteiger partial charge on any atom is -0.378 e. The van der Waals surface area contributed by atoms with Crippen LogP contribution in [0.4, 0.5) is 0 Å². The number of amides is 2. The van der Waals surface area contributed by atoms with E-state index in [9.17, 15) is 9.59 Å². The molecule has 0 N–H and O–H groups in total. The van der Waals surface area contributed by atoms with Crippen LogP contribution in [0.1, 0.15) is 30.4 Å². The molecule has 1 atom stereocenters. The van der Waals surface area contributed by atoms with Crippen LogP contribution in [-0.4, -0.2) is 72.5 Å². The number of nitrogens with zero attached hydrogens (tertiary/aromatic N) is 3. The number of hydrogen-bond acceptors (Lipinski definition) is 4. The summed E-state index contributed by atoms with van der Waals surface area (Å²) in [6, 6.07) is 8.49. The van der Waals surface area contributed by atoms with Gasteiger partial charge in [0.25, 0.3) is 0 Å². The summed E-state index contributed by atoms with van der Waals surface area (Å²) < 4.78 is 5.34. The molecule has 146 valence electrons. The lowest BCUT2D eigenvalue weighted by Crippen LogP contribution is -2.49. The van der Waals surface area contributed by atoms with Crippen molar-refractivity contribution >= 4 is 11.8 Å². The van der Waals surface area contributed by atoms with Crippen LogP contribution < -0.4 is 0 Å². The molecule has 2 amide bonds. The number of rotatable bonds is 4. The van der Waals surface area contributed by atoms with Crippen LogP contribution in [0.15, 0.2) is 24.3 Å². The monoisotopic (exact) mass is 371 g/mol. The van der Waals surface area contributed by atoms with Crippen molar-refractivity contribution in [1.82, 2.24) is 14.7 Å². The number of carbonyl (C=O) groups excluding carboxylic acids is 2. The lowest BCUT2D eigenvalue weighted by atomic mass is 9.96. The topological polar surface area (TPSA) is 53.1 Å².